The van der Waals surface area contributed by atoms with E-state index >= 15 is 0 Å². The van der Waals surface area contributed by atoms with Crippen molar-refractivity contribution >= 4 is 5.78 Å². The Hall–Kier alpha value is -3.54. The summed E-state index contributed by atoms with van der Waals surface area (Å²) in [6.07, 6.45) is 1.50. The minimum absolute atomic E-state index is 0.0163. The van der Waals surface area contributed by atoms with Gasteiger partial charge in [-0.1, -0.05) is 30.3 Å². The first-order chi connectivity index (χ1) is 12.7. The highest BCUT2D eigenvalue weighted by molar-refractivity contribution is 5.98. The molecule has 128 valence electrons. The molecule has 0 bridgehead atoms. The van der Waals surface area contributed by atoms with E-state index in [1.54, 1.807) is 54.6 Å². The zero-order valence-corrected chi connectivity index (χ0v) is 13.6. The molecule has 0 amide bonds. The van der Waals surface area contributed by atoms with Gasteiger partial charge in [0.2, 0.25) is 5.89 Å². The summed E-state index contributed by atoms with van der Waals surface area (Å²) < 4.78 is 24.6. The maximum absolute atomic E-state index is 13.8. The fourth-order valence-corrected chi connectivity index (χ4v) is 2.58. The lowest BCUT2D eigenvalue weighted by molar-refractivity contribution is 0.0992. The number of ketones is 1. The molecule has 2 heterocycles. The Morgan fingerprint density at radius 2 is 1.81 bits per heavy atom. The van der Waals surface area contributed by atoms with E-state index < -0.39 is 5.82 Å². The molecule has 0 radical (unpaired) electrons. The topological polar surface area (TPSA) is 69.1 Å². The molecule has 0 unspecified atom stereocenters. The van der Waals surface area contributed by atoms with Gasteiger partial charge >= 0.3 is 0 Å². The number of carbonyl (C=O) groups is 1. The average Bonchev–Trinajstić information content (AvgIpc) is 3.35. The molecule has 0 atom stereocenters. The number of hydrogen-bond donors (Lipinski definition) is 0. The van der Waals surface area contributed by atoms with Crippen molar-refractivity contribution in [2.45, 2.75) is 6.42 Å². The zero-order valence-electron chi connectivity index (χ0n) is 13.6. The van der Waals surface area contributed by atoms with Crippen molar-refractivity contribution < 1.29 is 18.0 Å². The van der Waals surface area contributed by atoms with Gasteiger partial charge in [0.25, 0.3) is 5.89 Å². The second-order valence-corrected chi connectivity index (χ2v) is 5.66. The van der Waals surface area contributed by atoms with Gasteiger partial charge in [-0.05, 0) is 35.9 Å². The Morgan fingerprint density at radius 1 is 0.962 bits per heavy atom. The van der Waals surface area contributed by atoms with E-state index in [2.05, 4.69) is 10.2 Å². The standard InChI is InChI=1S/C20H13FN2O3/c21-16-8-2-1-5-13(16)12-17(24)14-6-3-7-15(11-14)19-22-23-20(26-19)18-9-4-10-25-18/h1-11H,12H2. The van der Waals surface area contributed by atoms with Crippen LogP contribution in [0, 0.1) is 5.82 Å². The Kier molecular flexibility index (Phi) is 4.15. The van der Waals surface area contributed by atoms with Gasteiger partial charge in [-0.2, -0.15) is 0 Å². The summed E-state index contributed by atoms with van der Waals surface area (Å²) in [5, 5.41) is 7.94. The van der Waals surface area contributed by atoms with Crippen LogP contribution in [0.5, 0.6) is 0 Å². The summed E-state index contributed by atoms with van der Waals surface area (Å²) >= 11 is 0. The Labute approximate surface area is 148 Å². The number of nitrogens with zero attached hydrogens (tertiary/aromatic N) is 2. The summed E-state index contributed by atoms with van der Waals surface area (Å²) in [6.45, 7) is 0. The molecule has 26 heavy (non-hydrogen) atoms. The normalized spacial score (nSPS) is 10.8. The van der Waals surface area contributed by atoms with E-state index in [1.807, 2.05) is 0 Å². The fraction of sp³-hybridized carbons (Fsp3) is 0.0500. The quantitative estimate of drug-likeness (QED) is 0.495. The van der Waals surface area contributed by atoms with Gasteiger partial charge in [0, 0.05) is 17.5 Å². The Balaban J connectivity index is 1.59. The van der Waals surface area contributed by atoms with E-state index in [0.29, 0.717) is 22.5 Å². The number of hydrogen-bond acceptors (Lipinski definition) is 5. The van der Waals surface area contributed by atoms with Crippen molar-refractivity contribution in [3.8, 4) is 23.1 Å². The van der Waals surface area contributed by atoms with E-state index in [-0.39, 0.29) is 24.0 Å². The predicted octanol–water partition coefficient (Wildman–Crippen LogP) is 4.56. The molecule has 4 rings (SSSR count). The molecular weight excluding hydrogens is 335 g/mol. The Morgan fingerprint density at radius 3 is 2.62 bits per heavy atom. The summed E-state index contributed by atoms with van der Waals surface area (Å²) in [4.78, 5) is 12.5. The van der Waals surface area contributed by atoms with E-state index in [9.17, 15) is 9.18 Å². The molecule has 0 saturated heterocycles. The lowest BCUT2D eigenvalue weighted by atomic mass is 10.0. The largest absolute Gasteiger partial charge is 0.459 e. The highest BCUT2D eigenvalue weighted by atomic mass is 19.1. The molecule has 0 N–H and O–H groups in total. The van der Waals surface area contributed by atoms with Crippen LogP contribution in [0.1, 0.15) is 15.9 Å². The van der Waals surface area contributed by atoms with Gasteiger partial charge in [-0.3, -0.25) is 4.79 Å². The summed E-state index contributed by atoms with van der Waals surface area (Å²) in [5.74, 6) is 0.417. The van der Waals surface area contributed by atoms with E-state index in [0.717, 1.165) is 0 Å². The molecule has 0 aliphatic heterocycles. The van der Waals surface area contributed by atoms with Crippen LogP contribution in [-0.2, 0) is 6.42 Å². The van der Waals surface area contributed by atoms with Crippen molar-refractivity contribution in [3.05, 3.63) is 83.9 Å². The minimum atomic E-state index is -0.392. The van der Waals surface area contributed by atoms with Crippen LogP contribution < -0.4 is 0 Å². The molecule has 2 aromatic heterocycles. The van der Waals surface area contributed by atoms with Gasteiger partial charge in [0.15, 0.2) is 11.5 Å². The number of carbonyl (C=O) groups excluding carboxylic acids is 1. The highest BCUT2D eigenvalue weighted by Crippen LogP contribution is 2.25. The van der Waals surface area contributed by atoms with Crippen LogP contribution in [0.2, 0.25) is 0 Å². The summed E-state index contributed by atoms with van der Waals surface area (Å²) in [7, 11) is 0. The molecular formula is C20H13FN2O3. The monoisotopic (exact) mass is 348 g/mol. The maximum atomic E-state index is 13.8. The lowest BCUT2D eigenvalue weighted by Gasteiger charge is -2.04. The molecule has 0 saturated carbocycles. The number of rotatable bonds is 5. The van der Waals surface area contributed by atoms with Gasteiger partial charge in [0.05, 0.1) is 6.26 Å². The first-order valence-corrected chi connectivity index (χ1v) is 7.95. The minimum Gasteiger partial charge on any atom is -0.459 e. The van der Waals surface area contributed by atoms with Crippen molar-refractivity contribution in [2.75, 3.05) is 0 Å². The van der Waals surface area contributed by atoms with Gasteiger partial charge in [0.1, 0.15) is 5.82 Å². The first kappa shape index (κ1) is 16.0. The maximum Gasteiger partial charge on any atom is 0.283 e. The third-order valence-corrected chi connectivity index (χ3v) is 3.90. The highest BCUT2D eigenvalue weighted by Gasteiger charge is 2.15. The molecule has 5 nitrogen and oxygen atoms in total. The van der Waals surface area contributed by atoms with Gasteiger partial charge in [-0.15, -0.1) is 10.2 Å². The van der Waals surface area contributed by atoms with Gasteiger partial charge in [-0.25, -0.2) is 4.39 Å². The molecule has 2 aromatic carbocycles. The summed E-state index contributed by atoms with van der Waals surface area (Å²) in [6, 6.07) is 16.5. The number of aromatic nitrogens is 2. The third kappa shape index (κ3) is 3.17. The van der Waals surface area contributed by atoms with E-state index in [4.69, 9.17) is 8.83 Å². The van der Waals surface area contributed by atoms with Crippen LogP contribution in [0.3, 0.4) is 0 Å². The second-order valence-electron chi connectivity index (χ2n) is 5.66. The van der Waals surface area contributed by atoms with Crippen molar-refractivity contribution in [1.29, 1.82) is 0 Å². The molecule has 0 spiro atoms. The van der Waals surface area contributed by atoms with Gasteiger partial charge < -0.3 is 8.83 Å². The molecule has 4 aromatic rings. The fourth-order valence-electron chi connectivity index (χ4n) is 2.58. The van der Waals surface area contributed by atoms with Crippen molar-refractivity contribution in [1.82, 2.24) is 10.2 Å². The zero-order chi connectivity index (χ0) is 17.9. The summed E-state index contributed by atoms with van der Waals surface area (Å²) in [5.41, 5.74) is 1.42. The predicted molar refractivity (Wildman–Crippen MR) is 91.9 cm³/mol. The molecule has 0 fully saturated rings. The smallest absolute Gasteiger partial charge is 0.283 e. The van der Waals surface area contributed by atoms with Crippen LogP contribution in [0.15, 0.2) is 75.8 Å². The van der Waals surface area contributed by atoms with Crippen LogP contribution in [0.25, 0.3) is 23.1 Å². The first-order valence-electron chi connectivity index (χ1n) is 7.95. The molecule has 0 aliphatic carbocycles. The third-order valence-electron chi connectivity index (χ3n) is 3.90. The van der Waals surface area contributed by atoms with E-state index in [1.165, 1.54) is 12.3 Å². The lowest BCUT2D eigenvalue weighted by Crippen LogP contribution is -2.05. The number of halogens is 1. The average molecular weight is 348 g/mol. The van der Waals surface area contributed by atoms with Crippen molar-refractivity contribution in [3.63, 3.8) is 0 Å². The molecule has 6 heteroatoms. The SMILES string of the molecule is O=C(Cc1ccccc1F)c1cccc(-c2nnc(-c3ccco3)o2)c1. The number of Topliss-reactive ketones (excluding diaryl/α,β-unsaturated/α-hetero) is 1. The number of furan rings is 1. The van der Waals surface area contributed by atoms with Crippen LogP contribution >= 0.6 is 0 Å². The number of benzene rings is 2. The molecule has 0 aliphatic rings. The van der Waals surface area contributed by atoms with Crippen molar-refractivity contribution in [2.24, 2.45) is 0 Å². The Bertz CT molecular complexity index is 1050. The second kappa shape index (κ2) is 6.76. The van der Waals surface area contributed by atoms with Crippen LogP contribution in [-0.4, -0.2) is 16.0 Å². The van der Waals surface area contributed by atoms with Crippen LogP contribution in [0.4, 0.5) is 4.39 Å².